The summed E-state index contributed by atoms with van der Waals surface area (Å²) in [6.45, 7) is 0. The van der Waals surface area contributed by atoms with E-state index in [1.165, 1.54) is 0 Å². The van der Waals surface area contributed by atoms with E-state index in [2.05, 4.69) is 23.2 Å². The van der Waals surface area contributed by atoms with Crippen LogP contribution in [-0.4, -0.2) is 24.0 Å². The number of pyridine rings is 1. The van der Waals surface area contributed by atoms with Crippen molar-refractivity contribution in [1.29, 1.82) is 5.26 Å². The topological polar surface area (TPSA) is 39.9 Å². The van der Waals surface area contributed by atoms with Crippen molar-refractivity contribution in [3.05, 3.63) is 65.5 Å². The van der Waals surface area contributed by atoms with Gasteiger partial charge in [0.25, 0.3) is 0 Å². The summed E-state index contributed by atoms with van der Waals surface area (Å²) >= 11 is 0. The third kappa shape index (κ3) is 2.99. The number of rotatable bonds is 3. The van der Waals surface area contributed by atoms with Gasteiger partial charge >= 0.3 is 0 Å². The maximum atomic E-state index is 9.11. The van der Waals surface area contributed by atoms with Gasteiger partial charge < -0.3 is 4.90 Å². The third-order valence-electron chi connectivity index (χ3n) is 2.82. The molecule has 0 saturated carbocycles. The average molecular weight is 249 g/mol. The van der Waals surface area contributed by atoms with Crippen molar-refractivity contribution in [2.24, 2.45) is 0 Å². The highest BCUT2D eigenvalue weighted by Crippen LogP contribution is 2.21. The lowest BCUT2D eigenvalue weighted by atomic mass is 10.1. The van der Waals surface area contributed by atoms with E-state index in [9.17, 15) is 0 Å². The molecule has 0 atom stereocenters. The Balaban J connectivity index is 2.51. The lowest BCUT2D eigenvalue weighted by Crippen LogP contribution is -2.09. The Kier molecular flexibility index (Phi) is 3.94. The SMILES string of the molecule is CN(C)/C(=C\c1ccncc1C#N)c1ccccc1. The van der Waals surface area contributed by atoms with Crippen molar-refractivity contribution in [1.82, 2.24) is 9.88 Å². The summed E-state index contributed by atoms with van der Waals surface area (Å²) in [4.78, 5) is 6.01. The first-order chi connectivity index (χ1) is 9.22. The molecule has 19 heavy (non-hydrogen) atoms. The number of hydrogen-bond donors (Lipinski definition) is 0. The van der Waals surface area contributed by atoms with Gasteiger partial charge in [0.15, 0.2) is 0 Å². The molecule has 0 aliphatic rings. The summed E-state index contributed by atoms with van der Waals surface area (Å²) in [6.07, 6.45) is 5.30. The van der Waals surface area contributed by atoms with Crippen LogP contribution >= 0.6 is 0 Å². The molecule has 0 bridgehead atoms. The highest BCUT2D eigenvalue weighted by Gasteiger charge is 2.06. The van der Waals surface area contributed by atoms with Crippen LogP contribution in [0.3, 0.4) is 0 Å². The lowest BCUT2D eigenvalue weighted by molar-refractivity contribution is 0.595. The summed E-state index contributed by atoms with van der Waals surface area (Å²) in [5.74, 6) is 0. The second kappa shape index (κ2) is 5.83. The van der Waals surface area contributed by atoms with Gasteiger partial charge in [0.2, 0.25) is 0 Å². The first kappa shape index (κ1) is 12.8. The number of nitrogens with zero attached hydrogens (tertiary/aromatic N) is 3. The monoisotopic (exact) mass is 249 g/mol. The van der Waals surface area contributed by atoms with Crippen molar-refractivity contribution < 1.29 is 0 Å². The van der Waals surface area contributed by atoms with Crippen molar-refractivity contribution in [3.63, 3.8) is 0 Å². The molecule has 0 fully saturated rings. The molecule has 1 aromatic heterocycles. The quantitative estimate of drug-likeness (QED) is 0.839. The van der Waals surface area contributed by atoms with E-state index in [4.69, 9.17) is 5.26 Å². The van der Waals surface area contributed by atoms with Crippen LogP contribution in [-0.2, 0) is 0 Å². The summed E-state index contributed by atoms with van der Waals surface area (Å²) in [6, 6.07) is 14.1. The zero-order chi connectivity index (χ0) is 13.7. The summed E-state index contributed by atoms with van der Waals surface area (Å²) < 4.78 is 0. The first-order valence-electron chi connectivity index (χ1n) is 6.01. The summed E-state index contributed by atoms with van der Waals surface area (Å²) in [7, 11) is 3.98. The van der Waals surface area contributed by atoms with Crippen LogP contribution in [0.4, 0.5) is 0 Å². The smallest absolute Gasteiger partial charge is 0.101 e. The van der Waals surface area contributed by atoms with Gasteiger partial charge in [0.05, 0.1) is 5.56 Å². The van der Waals surface area contributed by atoms with Gasteiger partial charge in [-0.3, -0.25) is 4.98 Å². The Labute approximate surface area is 113 Å². The molecule has 1 heterocycles. The Morgan fingerprint density at radius 2 is 1.95 bits per heavy atom. The molecule has 0 amide bonds. The number of hydrogen-bond acceptors (Lipinski definition) is 3. The molecule has 2 rings (SSSR count). The minimum absolute atomic E-state index is 0.581. The molecular formula is C16H15N3. The third-order valence-corrected chi connectivity index (χ3v) is 2.82. The van der Waals surface area contributed by atoms with E-state index in [0.29, 0.717) is 5.56 Å². The van der Waals surface area contributed by atoms with Gasteiger partial charge in [0.1, 0.15) is 6.07 Å². The van der Waals surface area contributed by atoms with Crippen molar-refractivity contribution in [2.75, 3.05) is 14.1 Å². The van der Waals surface area contributed by atoms with E-state index in [1.807, 2.05) is 49.3 Å². The molecule has 0 aliphatic carbocycles. The van der Waals surface area contributed by atoms with E-state index in [0.717, 1.165) is 16.8 Å². The fraction of sp³-hybridized carbons (Fsp3) is 0.125. The molecule has 2 aromatic rings. The molecule has 0 N–H and O–H groups in total. The molecule has 0 radical (unpaired) electrons. The second-order valence-electron chi connectivity index (χ2n) is 4.36. The molecular weight excluding hydrogens is 234 g/mol. The Bertz CT molecular complexity index is 622. The highest BCUT2D eigenvalue weighted by atomic mass is 15.1. The Morgan fingerprint density at radius 1 is 1.21 bits per heavy atom. The van der Waals surface area contributed by atoms with Crippen molar-refractivity contribution >= 4 is 11.8 Å². The van der Waals surface area contributed by atoms with Crippen LogP contribution in [0.15, 0.2) is 48.8 Å². The van der Waals surface area contributed by atoms with Gasteiger partial charge in [-0.15, -0.1) is 0 Å². The predicted octanol–water partition coefficient (Wildman–Crippen LogP) is 3.01. The molecule has 0 unspecified atom stereocenters. The number of benzene rings is 1. The van der Waals surface area contributed by atoms with E-state index < -0.39 is 0 Å². The Morgan fingerprint density at radius 3 is 2.58 bits per heavy atom. The average Bonchev–Trinajstić information content (AvgIpc) is 2.45. The number of aromatic nitrogens is 1. The van der Waals surface area contributed by atoms with Gasteiger partial charge in [-0.1, -0.05) is 30.3 Å². The fourth-order valence-electron chi connectivity index (χ4n) is 1.85. The van der Waals surface area contributed by atoms with Crippen molar-refractivity contribution in [3.8, 4) is 6.07 Å². The molecule has 3 heteroatoms. The highest BCUT2D eigenvalue weighted by molar-refractivity contribution is 5.81. The zero-order valence-electron chi connectivity index (χ0n) is 11.0. The minimum Gasteiger partial charge on any atom is -0.377 e. The first-order valence-corrected chi connectivity index (χ1v) is 6.01. The van der Waals surface area contributed by atoms with Crippen LogP contribution in [0.1, 0.15) is 16.7 Å². The van der Waals surface area contributed by atoms with Gasteiger partial charge in [-0.25, -0.2) is 0 Å². The van der Waals surface area contributed by atoms with Crippen LogP contribution in [0.5, 0.6) is 0 Å². The molecule has 1 aromatic carbocycles. The second-order valence-corrected chi connectivity index (χ2v) is 4.36. The van der Waals surface area contributed by atoms with Crippen LogP contribution in [0, 0.1) is 11.3 Å². The Hall–Kier alpha value is -2.60. The summed E-state index contributed by atoms with van der Waals surface area (Å²) in [5.41, 5.74) is 3.64. The molecule has 0 spiro atoms. The van der Waals surface area contributed by atoms with Crippen LogP contribution in [0.2, 0.25) is 0 Å². The molecule has 94 valence electrons. The van der Waals surface area contributed by atoms with Crippen LogP contribution < -0.4 is 0 Å². The molecule has 0 saturated heterocycles. The van der Waals surface area contributed by atoms with E-state index in [-0.39, 0.29) is 0 Å². The summed E-state index contributed by atoms with van der Waals surface area (Å²) in [5, 5.41) is 9.11. The molecule has 3 nitrogen and oxygen atoms in total. The van der Waals surface area contributed by atoms with Gasteiger partial charge in [-0.05, 0) is 23.3 Å². The maximum absolute atomic E-state index is 9.11. The number of nitriles is 1. The molecule has 0 aliphatic heterocycles. The van der Waals surface area contributed by atoms with E-state index >= 15 is 0 Å². The zero-order valence-corrected chi connectivity index (χ0v) is 11.0. The normalized spacial score (nSPS) is 10.9. The minimum atomic E-state index is 0.581. The van der Waals surface area contributed by atoms with E-state index in [1.54, 1.807) is 12.4 Å². The lowest BCUT2D eigenvalue weighted by Gasteiger charge is -2.18. The van der Waals surface area contributed by atoms with Gasteiger partial charge in [-0.2, -0.15) is 5.26 Å². The maximum Gasteiger partial charge on any atom is 0.101 e. The fourth-order valence-corrected chi connectivity index (χ4v) is 1.85. The standard InChI is InChI=1S/C16H15N3/c1-19(2)16(13-6-4-3-5-7-13)10-14-8-9-18-12-15(14)11-17/h3-10,12H,1-2H3/b16-10-. The van der Waals surface area contributed by atoms with Crippen molar-refractivity contribution in [2.45, 2.75) is 0 Å². The van der Waals surface area contributed by atoms with Gasteiger partial charge in [0, 0.05) is 32.2 Å². The largest absolute Gasteiger partial charge is 0.377 e. The van der Waals surface area contributed by atoms with Crippen LogP contribution in [0.25, 0.3) is 11.8 Å². The predicted molar refractivity (Wildman–Crippen MR) is 77.0 cm³/mol.